The molecule has 106 valence electrons. The number of rotatable bonds is 2. The zero-order valence-electron chi connectivity index (χ0n) is 9.69. The van der Waals surface area contributed by atoms with Crippen molar-refractivity contribution in [3.05, 3.63) is 34.6 Å². The Labute approximate surface area is 130 Å². The van der Waals surface area contributed by atoms with Crippen LogP contribution in [0.25, 0.3) is 11.4 Å². The Bertz CT molecular complexity index is 602. The highest BCUT2D eigenvalue weighted by atomic mass is 35.5. The number of aromatic nitrogens is 2. The van der Waals surface area contributed by atoms with Crippen molar-refractivity contribution in [3.63, 3.8) is 0 Å². The fourth-order valence-electron chi connectivity index (χ4n) is 1.37. The lowest BCUT2D eigenvalue weighted by Crippen LogP contribution is -2.09. The Hall–Kier alpha value is -0.718. The van der Waals surface area contributed by atoms with Gasteiger partial charge in [0.25, 0.3) is 0 Å². The van der Waals surface area contributed by atoms with E-state index in [1.807, 2.05) is 0 Å². The van der Waals surface area contributed by atoms with Gasteiger partial charge >= 0.3 is 6.18 Å². The Morgan fingerprint density at radius 2 is 1.95 bits per heavy atom. The lowest BCUT2D eigenvalue weighted by Gasteiger charge is -2.08. The molecule has 3 nitrogen and oxygen atoms in total. The number of benzene rings is 1. The summed E-state index contributed by atoms with van der Waals surface area (Å²) in [6.07, 6.45) is -4.75. The van der Waals surface area contributed by atoms with Crippen molar-refractivity contribution in [3.8, 4) is 11.4 Å². The summed E-state index contributed by atoms with van der Waals surface area (Å²) in [5.41, 5.74) is 4.32. The molecule has 2 aromatic rings. The van der Waals surface area contributed by atoms with E-state index in [1.54, 1.807) is 0 Å². The molecule has 2 radical (unpaired) electrons. The van der Waals surface area contributed by atoms with E-state index in [9.17, 15) is 17.6 Å². The minimum absolute atomic E-state index is 0. The van der Waals surface area contributed by atoms with Gasteiger partial charge in [-0.15, -0.1) is 12.4 Å². The molecule has 10 heteroatoms. The van der Waals surface area contributed by atoms with Gasteiger partial charge in [0.15, 0.2) is 22.1 Å². The predicted octanol–water partition coefficient (Wildman–Crippen LogP) is 2.91. The van der Waals surface area contributed by atoms with Gasteiger partial charge in [-0.3, -0.25) is 0 Å². The maximum atomic E-state index is 13.1. The van der Waals surface area contributed by atoms with Gasteiger partial charge in [-0.25, -0.2) is 9.37 Å². The van der Waals surface area contributed by atoms with Crippen molar-refractivity contribution in [2.75, 3.05) is 0 Å². The largest absolute Gasteiger partial charge is 0.419 e. The van der Waals surface area contributed by atoms with Crippen LogP contribution in [0.3, 0.4) is 0 Å². The molecule has 0 bridgehead atoms. The smallest absolute Gasteiger partial charge is 0.337 e. The minimum atomic E-state index is -4.75. The van der Waals surface area contributed by atoms with E-state index >= 15 is 0 Å². The highest BCUT2D eigenvalue weighted by molar-refractivity contribution is 7.05. The fraction of sp³-hybridized carbons (Fsp3) is 0.200. The molecule has 0 saturated carbocycles. The predicted molar refractivity (Wildman–Crippen MR) is 70.2 cm³/mol. The van der Waals surface area contributed by atoms with Crippen LogP contribution in [-0.4, -0.2) is 25.6 Å². The highest BCUT2D eigenvalue weighted by Crippen LogP contribution is 2.34. The van der Waals surface area contributed by atoms with Crippen LogP contribution in [0.5, 0.6) is 0 Å². The van der Waals surface area contributed by atoms with Crippen molar-refractivity contribution >= 4 is 40.2 Å². The molecule has 0 aliphatic heterocycles. The first-order valence-electron chi connectivity index (χ1n) is 5.01. The summed E-state index contributed by atoms with van der Waals surface area (Å²) in [5, 5.41) is 0.470. The molecule has 2 N–H and O–H groups in total. The Morgan fingerprint density at radius 1 is 1.30 bits per heavy atom. The molecule has 0 aliphatic carbocycles. The molecular weight excluding hydrogens is 333 g/mol. The van der Waals surface area contributed by atoms with Crippen molar-refractivity contribution in [1.82, 2.24) is 9.36 Å². The second-order valence-corrected chi connectivity index (χ2v) is 5.18. The van der Waals surface area contributed by atoms with Crippen molar-refractivity contribution in [1.29, 1.82) is 0 Å². The Balaban J connectivity index is 0.00000200. The van der Waals surface area contributed by atoms with Gasteiger partial charge in [0.2, 0.25) is 0 Å². The Morgan fingerprint density at radius 3 is 2.45 bits per heavy atom. The second kappa shape index (κ2) is 6.37. The minimum Gasteiger partial charge on any atom is -0.337 e. The normalized spacial score (nSPS) is 12.8. The molecule has 1 aromatic heterocycles. The third-order valence-corrected chi connectivity index (χ3v) is 3.63. The summed E-state index contributed by atoms with van der Waals surface area (Å²) in [4.78, 5) is 3.57. The second-order valence-electron chi connectivity index (χ2n) is 3.67. The SMILES string of the molecule is Cl.N[CH]([Al])c1nc(-c2ccc(F)c(C(F)(F)F)c2)ns1. The number of hydrogen-bond acceptors (Lipinski definition) is 4. The maximum absolute atomic E-state index is 13.1. The van der Waals surface area contributed by atoms with Crippen LogP contribution in [0.2, 0.25) is 0 Å². The molecule has 2 rings (SSSR count). The number of nitrogens with two attached hydrogens (primary N) is 1. The van der Waals surface area contributed by atoms with Gasteiger partial charge in [0, 0.05) is 5.56 Å². The van der Waals surface area contributed by atoms with E-state index in [0.717, 1.165) is 17.6 Å². The fourth-order valence-corrected chi connectivity index (χ4v) is 2.20. The lowest BCUT2D eigenvalue weighted by molar-refractivity contribution is -0.139. The molecule has 0 aliphatic rings. The highest BCUT2D eigenvalue weighted by Gasteiger charge is 2.34. The van der Waals surface area contributed by atoms with Gasteiger partial charge in [0.1, 0.15) is 10.8 Å². The van der Waals surface area contributed by atoms with Gasteiger partial charge in [-0.2, -0.15) is 17.5 Å². The lowest BCUT2D eigenvalue weighted by atomic mass is 10.1. The standard InChI is InChI=1S/C10H6F4N3S.Al.ClH/c11-7-2-1-5(3-6(7)10(12,13)14)9-16-8(4-15)18-17-9;;/h1-4H,15H2;;1H. The average Bonchev–Trinajstić information content (AvgIpc) is 2.77. The molecule has 1 unspecified atom stereocenters. The Kier molecular flexibility index (Phi) is 5.52. The van der Waals surface area contributed by atoms with Crippen LogP contribution in [-0.2, 0) is 6.18 Å². The molecule has 0 spiro atoms. The van der Waals surface area contributed by atoms with Crippen LogP contribution in [0.1, 0.15) is 15.5 Å². The topological polar surface area (TPSA) is 51.8 Å². The first-order chi connectivity index (χ1) is 8.79. The summed E-state index contributed by atoms with van der Waals surface area (Å²) in [7, 11) is 0. The quantitative estimate of drug-likeness (QED) is 0.676. The van der Waals surface area contributed by atoms with E-state index in [0.29, 0.717) is 11.1 Å². The molecule has 0 saturated heterocycles. The van der Waals surface area contributed by atoms with E-state index in [1.165, 1.54) is 6.07 Å². The average molecular weight is 340 g/mol. The molecule has 1 aromatic carbocycles. The zero-order valence-corrected chi connectivity index (χ0v) is 12.5. The zero-order chi connectivity index (χ0) is 14.2. The number of hydrogen-bond donors (Lipinski definition) is 1. The van der Waals surface area contributed by atoms with Crippen LogP contribution in [0, 0.1) is 5.82 Å². The van der Waals surface area contributed by atoms with E-state index in [-0.39, 0.29) is 23.8 Å². The third kappa shape index (κ3) is 3.68. The van der Waals surface area contributed by atoms with E-state index in [2.05, 4.69) is 25.6 Å². The van der Waals surface area contributed by atoms with Gasteiger partial charge in [-0.1, -0.05) is 0 Å². The first kappa shape index (κ1) is 17.3. The van der Waals surface area contributed by atoms with Crippen LogP contribution >= 0.6 is 23.9 Å². The van der Waals surface area contributed by atoms with Crippen LogP contribution < -0.4 is 5.73 Å². The maximum Gasteiger partial charge on any atom is 0.419 e. The molecular formula is C10H7AlClF4N3S. The summed E-state index contributed by atoms with van der Waals surface area (Å²) in [6.45, 7) is 0. The monoisotopic (exact) mass is 339 g/mol. The first-order valence-corrected chi connectivity index (χ1v) is 6.45. The molecule has 1 heterocycles. The van der Waals surface area contributed by atoms with E-state index in [4.69, 9.17) is 5.73 Å². The van der Waals surface area contributed by atoms with Gasteiger partial charge in [-0.05, 0) is 34.6 Å². The summed E-state index contributed by atoms with van der Waals surface area (Å²) >= 11 is 3.29. The summed E-state index contributed by atoms with van der Waals surface area (Å²) < 4.78 is 54.8. The van der Waals surface area contributed by atoms with Crippen LogP contribution in [0.15, 0.2) is 18.2 Å². The summed E-state index contributed by atoms with van der Waals surface area (Å²) in [6, 6.07) is 2.64. The summed E-state index contributed by atoms with van der Waals surface area (Å²) in [5.74, 6) is -1.22. The molecule has 0 amide bonds. The number of halogens is 5. The van der Waals surface area contributed by atoms with Crippen molar-refractivity contribution in [2.45, 2.75) is 11.1 Å². The van der Waals surface area contributed by atoms with Crippen molar-refractivity contribution < 1.29 is 17.6 Å². The third-order valence-electron chi connectivity index (χ3n) is 2.26. The molecule has 20 heavy (non-hydrogen) atoms. The van der Waals surface area contributed by atoms with Gasteiger partial charge < -0.3 is 5.73 Å². The van der Waals surface area contributed by atoms with Gasteiger partial charge in [0.05, 0.1) is 5.56 Å². The van der Waals surface area contributed by atoms with Crippen molar-refractivity contribution in [2.24, 2.45) is 5.73 Å². The van der Waals surface area contributed by atoms with E-state index < -0.39 is 22.5 Å². The molecule has 0 fully saturated rings. The number of alkyl halides is 3. The number of nitrogens with zero attached hydrogens (tertiary/aromatic N) is 2. The van der Waals surface area contributed by atoms with Crippen LogP contribution in [0.4, 0.5) is 17.6 Å². The molecule has 1 atom stereocenters.